The average molecular weight is 388 g/mol. The zero-order chi connectivity index (χ0) is 20.4. The summed E-state index contributed by atoms with van der Waals surface area (Å²) in [6.07, 6.45) is 2.53. The molecule has 2 aromatic heterocycles. The van der Waals surface area contributed by atoms with E-state index in [1.165, 1.54) is 12.8 Å². The number of ether oxygens (including phenoxy) is 1. The first kappa shape index (κ1) is 20.6. The van der Waals surface area contributed by atoms with Crippen molar-refractivity contribution >= 4 is 22.8 Å². The molecule has 7 heteroatoms. The molecule has 28 heavy (non-hydrogen) atoms. The largest absolute Gasteiger partial charge is 0.382 e. The van der Waals surface area contributed by atoms with Gasteiger partial charge in [-0.1, -0.05) is 20.8 Å². The Labute approximate surface area is 167 Å². The molecule has 0 radical (unpaired) electrons. The molecule has 0 spiro atoms. The van der Waals surface area contributed by atoms with Crippen LogP contribution in [0.25, 0.3) is 11.0 Å². The van der Waals surface area contributed by atoms with Crippen LogP contribution in [0.4, 0.5) is 5.82 Å². The monoisotopic (exact) mass is 387 g/mol. The lowest BCUT2D eigenvalue weighted by Crippen LogP contribution is -2.31. The lowest BCUT2D eigenvalue weighted by molar-refractivity contribution is -0.124. The van der Waals surface area contributed by atoms with Gasteiger partial charge in [0.25, 0.3) is 0 Å². The van der Waals surface area contributed by atoms with Crippen LogP contribution >= 0.6 is 0 Å². The van der Waals surface area contributed by atoms with Gasteiger partial charge in [-0.05, 0) is 38.2 Å². The van der Waals surface area contributed by atoms with Crippen molar-refractivity contribution in [3.63, 3.8) is 0 Å². The predicted octanol–water partition coefficient (Wildman–Crippen LogP) is 2.93. The summed E-state index contributed by atoms with van der Waals surface area (Å²) in [4.78, 5) is 21.0. The zero-order valence-electron chi connectivity index (χ0n) is 17.7. The fraction of sp³-hybridized carbons (Fsp3) is 0.667. The minimum Gasteiger partial charge on any atom is -0.382 e. The Balaban J connectivity index is 1.73. The molecular formula is C21H33N5O2. The summed E-state index contributed by atoms with van der Waals surface area (Å²) in [5, 5.41) is 2.87. The second kappa shape index (κ2) is 8.47. The van der Waals surface area contributed by atoms with Gasteiger partial charge in [0.15, 0.2) is 5.82 Å². The van der Waals surface area contributed by atoms with Crippen molar-refractivity contribution in [1.29, 1.82) is 0 Å². The summed E-state index contributed by atoms with van der Waals surface area (Å²) in [5.41, 5.74) is 10.1. The lowest BCUT2D eigenvalue weighted by Gasteiger charge is -2.16. The number of amides is 1. The number of nitrogens with two attached hydrogens (primary N) is 1. The first-order valence-corrected chi connectivity index (χ1v) is 10.3. The Morgan fingerprint density at radius 3 is 2.61 bits per heavy atom. The van der Waals surface area contributed by atoms with Gasteiger partial charge in [-0.3, -0.25) is 4.79 Å². The molecule has 0 aromatic carbocycles. The van der Waals surface area contributed by atoms with Crippen LogP contribution in [0.5, 0.6) is 0 Å². The highest BCUT2D eigenvalue weighted by molar-refractivity contribution is 5.88. The second-order valence-electron chi connectivity index (χ2n) is 8.21. The number of hydrogen-bond donors (Lipinski definition) is 2. The molecule has 1 unspecified atom stereocenters. The predicted molar refractivity (Wildman–Crippen MR) is 111 cm³/mol. The van der Waals surface area contributed by atoms with Gasteiger partial charge < -0.3 is 20.4 Å². The van der Waals surface area contributed by atoms with Crippen LogP contribution in [0, 0.1) is 25.7 Å². The van der Waals surface area contributed by atoms with Crippen molar-refractivity contribution < 1.29 is 9.53 Å². The molecule has 1 aliphatic rings. The van der Waals surface area contributed by atoms with Gasteiger partial charge in [0, 0.05) is 30.6 Å². The number of hydrogen-bond acceptors (Lipinski definition) is 5. The number of rotatable bonds is 9. The van der Waals surface area contributed by atoms with Crippen molar-refractivity contribution in [3.05, 3.63) is 17.1 Å². The Morgan fingerprint density at radius 1 is 1.25 bits per heavy atom. The molecule has 7 nitrogen and oxygen atoms in total. The van der Waals surface area contributed by atoms with Gasteiger partial charge in [-0.2, -0.15) is 0 Å². The number of nitrogens with zero attached hydrogens (tertiary/aromatic N) is 3. The van der Waals surface area contributed by atoms with Gasteiger partial charge in [0.1, 0.15) is 11.3 Å². The van der Waals surface area contributed by atoms with E-state index in [1.54, 1.807) is 0 Å². The van der Waals surface area contributed by atoms with Gasteiger partial charge in [-0.15, -0.1) is 0 Å². The first-order valence-electron chi connectivity index (χ1n) is 10.3. The van der Waals surface area contributed by atoms with Crippen molar-refractivity contribution in [2.24, 2.45) is 11.8 Å². The molecule has 0 saturated heterocycles. The fourth-order valence-electron chi connectivity index (χ4n) is 3.61. The summed E-state index contributed by atoms with van der Waals surface area (Å²) < 4.78 is 8.06. The topological polar surface area (TPSA) is 95.1 Å². The number of nitrogen functional groups attached to an aromatic ring is 1. The van der Waals surface area contributed by atoms with Crippen LogP contribution in [-0.2, 0) is 16.1 Å². The highest BCUT2D eigenvalue weighted by atomic mass is 16.5. The first-order chi connectivity index (χ1) is 13.3. The highest BCUT2D eigenvalue weighted by Gasteiger charge is 2.33. The number of nitrogens with one attached hydrogen (secondary N) is 1. The van der Waals surface area contributed by atoms with E-state index < -0.39 is 0 Å². The molecule has 2 aromatic rings. The number of pyridine rings is 1. The SMILES string of the molecule is Cc1nc(N)c2nc(C(C)C3CC3)n(CCOCCNC(=O)C(C)C)c2c1C. The number of carbonyl (C=O) groups excluding carboxylic acids is 1. The molecule has 1 saturated carbocycles. The third-order valence-corrected chi connectivity index (χ3v) is 5.69. The molecule has 1 atom stereocenters. The number of aryl methyl sites for hydroxylation is 2. The molecular weight excluding hydrogens is 354 g/mol. The Bertz CT molecular complexity index is 854. The quantitative estimate of drug-likeness (QED) is 0.645. The minimum absolute atomic E-state index is 0.00549. The van der Waals surface area contributed by atoms with E-state index in [9.17, 15) is 4.79 Å². The van der Waals surface area contributed by atoms with Crippen molar-refractivity contribution in [2.45, 2.75) is 59.9 Å². The van der Waals surface area contributed by atoms with Gasteiger partial charge >= 0.3 is 0 Å². The van der Waals surface area contributed by atoms with Crippen molar-refractivity contribution in [3.8, 4) is 0 Å². The number of carbonyl (C=O) groups is 1. The number of fused-ring (bicyclic) bond motifs is 1. The summed E-state index contributed by atoms with van der Waals surface area (Å²) in [6.45, 7) is 12.4. The molecule has 1 aliphatic carbocycles. The molecule has 1 amide bonds. The Hall–Kier alpha value is -2.15. The molecule has 0 aliphatic heterocycles. The van der Waals surface area contributed by atoms with Crippen LogP contribution < -0.4 is 11.1 Å². The molecule has 0 bridgehead atoms. The Morgan fingerprint density at radius 2 is 1.96 bits per heavy atom. The van der Waals surface area contributed by atoms with E-state index in [0.29, 0.717) is 44.0 Å². The van der Waals surface area contributed by atoms with E-state index in [0.717, 1.165) is 28.1 Å². The number of aromatic nitrogens is 3. The maximum Gasteiger partial charge on any atom is 0.222 e. The average Bonchev–Trinajstić information content (AvgIpc) is 3.42. The molecule has 3 rings (SSSR count). The van der Waals surface area contributed by atoms with Crippen LogP contribution in [0.15, 0.2) is 0 Å². The van der Waals surface area contributed by atoms with Crippen LogP contribution in [0.3, 0.4) is 0 Å². The second-order valence-corrected chi connectivity index (χ2v) is 8.21. The smallest absolute Gasteiger partial charge is 0.222 e. The van der Waals surface area contributed by atoms with E-state index >= 15 is 0 Å². The summed E-state index contributed by atoms with van der Waals surface area (Å²) >= 11 is 0. The molecule has 154 valence electrons. The lowest BCUT2D eigenvalue weighted by atomic mass is 10.1. The van der Waals surface area contributed by atoms with E-state index in [1.807, 2.05) is 20.8 Å². The van der Waals surface area contributed by atoms with Gasteiger partial charge in [0.2, 0.25) is 5.91 Å². The maximum atomic E-state index is 11.6. The zero-order valence-corrected chi connectivity index (χ0v) is 17.7. The van der Waals surface area contributed by atoms with Crippen LogP contribution in [0.1, 0.15) is 56.6 Å². The molecule has 3 N–H and O–H groups in total. The van der Waals surface area contributed by atoms with Crippen LogP contribution in [-0.4, -0.2) is 40.2 Å². The van der Waals surface area contributed by atoms with Crippen molar-refractivity contribution in [1.82, 2.24) is 19.9 Å². The standard InChI is InChI=1S/C21H33N5O2/c1-12(2)21(27)23-8-10-28-11-9-26-18-13(3)15(5)24-19(22)17(18)25-20(26)14(4)16-6-7-16/h12,14,16H,6-11H2,1-5H3,(H2,22,24)(H,23,27). The van der Waals surface area contributed by atoms with E-state index in [2.05, 4.69) is 28.7 Å². The maximum absolute atomic E-state index is 11.6. The van der Waals surface area contributed by atoms with E-state index in [4.69, 9.17) is 15.5 Å². The molecule has 1 fully saturated rings. The van der Waals surface area contributed by atoms with E-state index in [-0.39, 0.29) is 11.8 Å². The minimum atomic E-state index is -0.00549. The number of anilines is 1. The third-order valence-electron chi connectivity index (χ3n) is 5.69. The van der Waals surface area contributed by atoms with Gasteiger partial charge in [0.05, 0.1) is 18.7 Å². The number of imidazole rings is 1. The third kappa shape index (κ3) is 4.29. The highest BCUT2D eigenvalue weighted by Crippen LogP contribution is 2.43. The normalized spacial score (nSPS) is 15.4. The van der Waals surface area contributed by atoms with Gasteiger partial charge in [-0.25, -0.2) is 9.97 Å². The summed E-state index contributed by atoms with van der Waals surface area (Å²) in [5.74, 6) is 2.73. The molecule has 2 heterocycles. The van der Waals surface area contributed by atoms with Crippen LogP contribution in [0.2, 0.25) is 0 Å². The summed E-state index contributed by atoms with van der Waals surface area (Å²) in [7, 11) is 0. The Kier molecular flexibility index (Phi) is 6.23. The van der Waals surface area contributed by atoms with Crippen molar-refractivity contribution in [2.75, 3.05) is 25.5 Å². The summed E-state index contributed by atoms with van der Waals surface area (Å²) in [6, 6.07) is 0. The fourth-order valence-corrected chi connectivity index (χ4v) is 3.61.